The van der Waals surface area contributed by atoms with Crippen LogP contribution in [0.1, 0.15) is 27.7 Å². The number of thiophene rings is 1. The highest BCUT2D eigenvalue weighted by molar-refractivity contribution is 7.58. The van der Waals surface area contributed by atoms with E-state index in [1.54, 1.807) is 11.3 Å². The lowest BCUT2D eigenvalue weighted by Crippen LogP contribution is -2.21. The molecule has 4 nitrogen and oxygen atoms in total. The minimum absolute atomic E-state index is 0.993. The molecular formula is C36H36N4S2. The average molecular weight is 589 g/mol. The van der Waals surface area contributed by atoms with Crippen LogP contribution in [0.4, 0.5) is 22.7 Å². The maximum absolute atomic E-state index is 4.70. The molecular weight excluding hydrogens is 553 g/mol. The molecule has 4 aromatic carbocycles. The number of rotatable bonds is 10. The number of nitrogens with zero attached hydrogens (tertiary/aromatic N) is 4. The van der Waals surface area contributed by atoms with Gasteiger partial charge in [-0.1, -0.05) is 72.8 Å². The van der Waals surface area contributed by atoms with Gasteiger partial charge in [0.15, 0.2) is 0 Å². The van der Waals surface area contributed by atoms with Crippen molar-refractivity contribution in [2.24, 2.45) is 8.73 Å². The highest BCUT2D eigenvalue weighted by Gasteiger charge is 2.22. The van der Waals surface area contributed by atoms with Gasteiger partial charge in [-0.2, -0.15) is 8.73 Å². The van der Waals surface area contributed by atoms with Gasteiger partial charge in [0.2, 0.25) is 0 Å². The Kier molecular flexibility index (Phi) is 8.36. The Labute approximate surface area is 257 Å². The third-order valence-corrected chi connectivity index (χ3v) is 9.87. The molecule has 0 spiro atoms. The van der Waals surface area contributed by atoms with Gasteiger partial charge < -0.3 is 9.80 Å². The summed E-state index contributed by atoms with van der Waals surface area (Å²) in [4.78, 5) is 7.08. The maximum Gasteiger partial charge on any atom is 0.124 e. The van der Waals surface area contributed by atoms with Crippen molar-refractivity contribution in [3.8, 4) is 43.1 Å². The molecule has 0 saturated heterocycles. The van der Waals surface area contributed by atoms with E-state index in [1.807, 2.05) is 0 Å². The Morgan fingerprint density at radius 3 is 1.02 bits per heavy atom. The normalized spacial score (nSPS) is 11.8. The summed E-state index contributed by atoms with van der Waals surface area (Å²) in [5, 5.41) is 0. The van der Waals surface area contributed by atoms with Crippen LogP contribution in [0.3, 0.4) is 0 Å². The second-order valence-corrected chi connectivity index (χ2v) is 11.9. The van der Waals surface area contributed by atoms with Crippen LogP contribution in [0.5, 0.6) is 0 Å². The first-order valence-corrected chi connectivity index (χ1v) is 16.3. The summed E-state index contributed by atoms with van der Waals surface area (Å²) in [6.07, 6.45) is 0. The van der Waals surface area contributed by atoms with E-state index in [2.05, 4.69) is 135 Å². The van der Waals surface area contributed by atoms with Gasteiger partial charge in [-0.05, 0) is 85.3 Å². The zero-order valence-electron chi connectivity index (χ0n) is 24.7. The molecule has 1 aliphatic heterocycles. The number of benzene rings is 4. The molecule has 1 aromatic heterocycles. The van der Waals surface area contributed by atoms with Gasteiger partial charge in [0.05, 0.1) is 21.1 Å². The van der Waals surface area contributed by atoms with Crippen molar-refractivity contribution < 1.29 is 0 Å². The molecule has 5 aromatic rings. The quantitative estimate of drug-likeness (QED) is 0.159. The van der Waals surface area contributed by atoms with Crippen LogP contribution >= 0.6 is 11.3 Å². The largest absolute Gasteiger partial charge is 0.372 e. The van der Waals surface area contributed by atoms with Gasteiger partial charge in [-0.25, -0.2) is 0 Å². The van der Waals surface area contributed by atoms with Gasteiger partial charge >= 0.3 is 0 Å². The predicted octanol–water partition coefficient (Wildman–Crippen LogP) is 10.8. The van der Waals surface area contributed by atoms with E-state index in [0.717, 1.165) is 37.6 Å². The molecule has 0 bridgehead atoms. The van der Waals surface area contributed by atoms with Crippen molar-refractivity contribution in [1.29, 1.82) is 0 Å². The third kappa shape index (κ3) is 5.44. The van der Waals surface area contributed by atoms with E-state index in [-0.39, 0.29) is 0 Å². The topological polar surface area (TPSA) is 31.2 Å². The van der Waals surface area contributed by atoms with Gasteiger partial charge in [0, 0.05) is 37.6 Å². The molecule has 1 aliphatic rings. The molecule has 0 aliphatic carbocycles. The van der Waals surface area contributed by atoms with Gasteiger partial charge in [0.1, 0.15) is 11.4 Å². The van der Waals surface area contributed by atoms with E-state index >= 15 is 0 Å². The van der Waals surface area contributed by atoms with Gasteiger partial charge in [0.25, 0.3) is 0 Å². The highest BCUT2D eigenvalue weighted by Crippen LogP contribution is 2.54. The van der Waals surface area contributed by atoms with Crippen LogP contribution in [0.15, 0.2) is 106 Å². The molecule has 42 heavy (non-hydrogen) atoms. The zero-order chi connectivity index (χ0) is 29.1. The number of hydrogen-bond donors (Lipinski definition) is 0. The standard InChI is InChI=1S/C36H36N4S2/c1-5-39(6-2)31-21-17-27(18-22-31)25-9-13-29(14-10-25)35-33-34(38-42-37-33)36(41-35)30-15-11-26(12-16-30)28-19-23-32(24-20-28)40(7-3)8-4/h9-24H,5-8H2,1-4H3. The van der Waals surface area contributed by atoms with E-state index in [0.29, 0.717) is 0 Å². The number of hydrogen-bond acceptors (Lipinski definition) is 5. The molecule has 2 heterocycles. The lowest BCUT2D eigenvalue weighted by molar-refractivity contribution is 0.866. The lowest BCUT2D eigenvalue weighted by Gasteiger charge is -2.21. The Morgan fingerprint density at radius 1 is 0.429 bits per heavy atom. The molecule has 0 radical (unpaired) electrons. The molecule has 6 rings (SSSR count). The minimum Gasteiger partial charge on any atom is -0.372 e. The first-order valence-electron chi connectivity index (χ1n) is 14.8. The lowest BCUT2D eigenvalue weighted by atomic mass is 10.0. The molecule has 212 valence electrons. The van der Waals surface area contributed by atoms with Crippen molar-refractivity contribution >= 4 is 45.4 Å². The highest BCUT2D eigenvalue weighted by atomic mass is 32.1. The van der Waals surface area contributed by atoms with Crippen molar-refractivity contribution in [2.75, 3.05) is 36.0 Å². The molecule has 0 saturated carbocycles. The van der Waals surface area contributed by atoms with Crippen molar-refractivity contribution in [3.05, 3.63) is 97.1 Å². The van der Waals surface area contributed by atoms with Gasteiger partial charge in [-0.15, -0.1) is 11.3 Å². The van der Waals surface area contributed by atoms with Crippen molar-refractivity contribution in [1.82, 2.24) is 0 Å². The molecule has 0 amide bonds. The summed E-state index contributed by atoms with van der Waals surface area (Å²) in [6.45, 7) is 12.9. The van der Waals surface area contributed by atoms with Crippen LogP contribution in [-0.4, -0.2) is 26.2 Å². The fraction of sp³-hybridized carbons (Fsp3) is 0.222. The Morgan fingerprint density at radius 2 is 0.714 bits per heavy atom. The Hall–Kier alpha value is -4.00. The smallest absolute Gasteiger partial charge is 0.124 e. The van der Waals surface area contributed by atoms with Crippen LogP contribution in [-0.2, 0) is 11.4 Å². The Balaban J connectivity index is 1.24. The van der Waals surface area contributed by atoms with Crippen molar-refractivity contribution in [2.45, 2.75) is 27.7 Å². The fourth-order valence-corrected chi connectivity index (χ4v) is 7.48. The summed E-state index contributed by atoms with van der Waals surface area (Å²) in [6, 6.07) is 35.5. The van der Waals surface area contributed by atoms with Crippen LogP contribution in [0.25, 0.3) is 43.1 Å². The molecule has 0 fully saturated rings. The van der Waals surface area contributed by atoms with E-state index in [4.69, 9.17) is 8.73 Å². The number of fused-ring (bicyclic) bond motifs is 1. The van der Waals surface area contributed by atoms with Crippen LogP contribution in [0, 0.1) is 0 Å². The van der Waals surface area contributed by atoms with Gasteiger partial charge in [-0.3, -0.25) is 0 Å². The number of anilines is 2. The third-order valence-electron chi connectivity index (χ3n) is 8.08. The SMILES string of the molecule is CCN(CC)c1ccc(-c2ccc(-c3sc(-c4ccc(-c5ccc(N(CC)CC)cc5)cc4)c4c3N=S=N4)cc2)cc1. The first-order chi connectivity index (χ1) is 20.6. The summed E-state index contributed by atoms with van der Waals surface area (Å²) < 4.78 is 9.40. The van der Waals surface area contributed by atoms with Crippen LogP contribution in [0.2, 0.25) is 0 Å². The second kappa shape index (κ2) is 12.5. The Bertz CT molecular complexity index is 1600. The summed E-state index contributed by atoms with van der Waals surface area (Å²) in [5.74, 6) is 0. The summed E-state index contributed by atoms with van der Waals surface area (Å²) in [7, 11) is 0. The monoisotopic (exact) mass is 588 g/mol. The molecule has 0 N–H and O–H groups in total. The zero-order valence-corrected chi connectivity index (χ0v) is 26.3. The molecule has 0 atom stereocenters. The average Bonchev–Trinajstić information content (AvgIpc) is 3.67. The van der Waals surface area contributed by atoms with E-state index in [9.17, 15) is 0 Å². The van der Waals surface area contributed by atoms with E-state index in [1.165, 1.54) is 65.9 Å². The first kappa shape index (κ1) is 28.1. The molecule has 6 heteroatoms. The summed E-state index contributed by atoms with van der Waals surface area (Å²) in [5.41, 5.74) is 11.8. The maximum atomic E-state index is 4.70. The van der Waals surface area contributed by atoms with Crippen molar-refractivity contribution in [3.63, 3.8) is 0 Å². The second-order valence-electron chi connectivity index (χ2n) is 10.3. The summed E-state index contributed by atoms with van der Waals surface area (Å²) >= 11 is 3.07. The van der Waals surface area contributed by atoms with E-state index < -0.39 is 0 Å². The predicted molar refractivity (Wildman–Crippen MR) is 185 cm³/mol. The minimum atomic E-state index is 0.993. The fourth-order valence-electron chi connectivity index (χ4n) is 5.61. The van der Waals surface area contributed by atoms with Crippen LogP contribution < -0.4 is 9.80 Å². The molecule has 0 unspecified atom stereocenters.